The molecule has 0 nitrogen and oxygen atoms in total. The summed E-state index contributed by atoms with van der Waals surface area (Å²) in [5, 5.41) is 0. The Labute approximate surface area is 206 Å². The van der Waals surface area contributed by atoms with Crippen LogP contribution in [0.2, 0.25) is 0 Å². The Kier molecular flexibility index (Phi) is 10.2. The van der Waals surface area contributed by atoms with Crippen LogP contribution in [0.3, 0.4) is 0 Å². The van der Waals surface area contributed by atoms with E-state index < -0.39 is 0 Å². The van der Waals surface area contributed by atoms with Crippen molar-refractivity contribution in [3.63, 3.8) is 0 Å². The van der Waals surface area contributed by atoms with Gasteiger partial charge in [-0.15, -0.1) is 0 Å². The third-order valence-electron chi connectivity index (χ3n) is 10.2. The Morgan fingerprint density at radius 1 is 0.576 bits per heavy atom. The van der Waals surface area contributed by atoms with Gasteiger partial charge in [-0.05, 0) is 111 Å². The van der Waals surface area contributed by atoms with E-state index in [-0.39, 0.29) is 0 Å². The number of aryl methyl sites for hydroxylation is 1. The van der Waals surface area contributed by atoms with Crippen LogP contribution in [0.4, 0.5) is 0 Å². The third kappa shape index (κ3) is 7.35. The molecular formula is C33H54. The van der Waals surface area contributed by atoms with Crippen LogP contribution in [-0.2, 0) is 6.42 Å². The van der Waals surface area contributed by atoms with E-state index in [9.17, 15) is 0 Å². The highest BCUT2D eigenvalue weighted by atomic mass is 14.4. The molecule has 0 aromatic heterocycles. The smallest absolute Gasteiger partial charge is 0.0159 e. The molecule has 1 aromatic carbocycles. The van der Waals surface area contributed by atoms with Crippen molar-refractivity contribution < 1.29 is 0 Å². The van der Waals surface area contributed by atoms with Crippen LogP contribution in [0.5, 0.6) is 0 Å². The Morgan fingerprint density at radius 3 is 1.91 bits per heavy atom. The van der Waals surface area contributed by atoms with E-state index >= 15 is 0 Å². The minimum atomic E-state index is 0.843. The largest absolute Gasteiger partial charge is 0.0654 e. The Morgan fingerprint density at radius 2 is 1.18 bits per heavy atom. The molecule has 3 aliphatic rings. The molecule has 33 heavy (non-hydrogen) atoms. The van der Waals surface area contributed by atoms with Gasteiger partial charge in [0.1, 0.15) is 0 Å². The van der Waals surface area contributed by atoms with Crippen molar-refractivity contribution in [2.75, 3.05) is 0 Å². The zero-order valence-electron chi connectivity index (χ0n) is 22.2. The highest BCUT2D eigenvalue weighted by Gasteiger charge is 2.39. The third-order valence-corrected chi connectivity index (χ3v) is 10.2. The van der Waals surface area contributed by atoms with E-state index in [1.54, 1.807) is 49.7 Å². The maximum atomic E-state index is 2.48. The van der Waals surface area contributed by atoms with Gasteiger partial charge in [0.25, 0.3) is 0 Å². The molecule has 4 rings (SSSR count). The second-order valence-corrected chi connectivity index (χ2v) is 12.4. The van der Waals surface area contributed by atoms with E-state index in [1.165, 1.54) is 83.5 Å². The fourth-order valence-corrected chi connectivity index (χ4v) is 7.98. The van der Waals surface area contributed by atoms with Crippen molar-refractivity contribution in [2.24, 2.45) is 29.6 Å². The molecule has 0 N–H and O–H groups in total. The minimum Gasteiger partial charge on any atom is -0.0654 e. The molecule has 0 amide bonds. The first-order valence-corrected chi connectivity index (χ1v) is 15.4. The predicted octanol–water partition coefficient (Wildman–Crippen LogP) is 10.5. The first-order valence-electron chi connectivity index (χ1n) is 15.4. The molecule has 4 atom stereocenters. The Hall–Kier alpha value is -0.780. The number of rotatable bonds is 11. The van der Waals surface area contributed by atoms with E-state index in [1.807, 2.05) is 0 Å². The summed E-state index contributed by atoms with van der Waals surface area (Å²) in [6.45, 7) is 4.62. The van der Waals surface area contributed by atoms with Crippen molar-refractivity contribution in [2.45, 2.75) is 142 Å². The summed E-state index contributed by atoms with van der Waals surface area (Å²) >= 11 is 0. The molecule has 0 spiro atoms. The quantitative estimate of drug-likeness (QED) is 0.294. The van der Waals surface area contributed by atoms with E-state index in [2.05, 4.69) is 38.1 Å². The van der Waals surface area contributed by atoms with Crippen LogP contribution in [0, 0.1) is 29.6 Å². The number of fused-ring (bicyclic) bond motifs is 1. The maximum Gasteiger partial charge on any atom is -0.0159 e. The predicted molar refractivity (Wildman–Crippen MR) is 145 cm³/mol. The van der Waals surface area contributed by atoms with Crippen LogP contribution < -0.4 is 0 Å². The second-order valence-electron chi connectivity index (χ2n) is 12.4. The summed E-state index contributed by atoms with van der Waals surface area (Å²) in [5.74, 6) is 6.15. The van der Waals surface area contributed by atoms with Gasteiger partial charge in [-0.1, -0.05) is 95.9 Å². The molecule has 4 unspecified atom stereocenters. The molecule has 3 fully saturated rings. The van der Waals surface area contributed by atoms with Crippen LogP contribution in [0.1, 0.15) is 146 Å². The standard InChI is InChI=1S/C33H54/c1-3-5-7-8-9-11-27-14-18-29(19-15-27)31-21-23-32-24-30(20-22-33(32)25-31)28-16-12-26(13-17-28)10-6-4-2/h12-13,16-17,27,29-33H,3-11,14-15,18-25H2,1-2H3. The van der Waals surface area contributed by atoms with Gasteiger partial charge >= 0.3 is 0 Å². The lowest BCUT2D eigenvalue weighted by Gasteiger charge is -2.45. The molecule has 1 aromatic rings. The van der Waals surface area contributed by atoms with Crippen LogP contribution >= 0.6 is 0 Å². The zero-order chi connectivity index (χ0) is 22.9. The first kappa shape index (κ1) is 25.3. The zero-order valence-corrected chi connectivity index (χ0v) is 22.2. The summed E-state index contributed by atoms with van der Waals surface area (Å²) in [6, 6.07) is 9.80. The molecular weight excluding hydrogens is 396 g/mol. The molecule has 3 aliphatic carbocycles. The van der Waals surface area contributed by atoms with Gasteiger partial charge in [-0.3, -0.25) is 0 Å². The van der Waals surface area contributed by atoms with Gasteiger partial charge in [0, 0.05) is 0 Å². The molecule has 0 radical (unpaired) electrons. The average molecular weight is 451 g/mol. The number of unbranched alkanes of at least 4 members (excludes halogenated alkanes) is 5. The van der Waals surface area contributed by atoms with E-state index in [0.29, 0.717) is 0 Å². The van der Waals surface area contributed by atoms with Gasteiger partial charge < -0.3 is 0 Å². The molecule has 0 heterocycles. The van der Waals surface area contributed by atoms with Gasteiger partial charge in [0.15, 0.2) is 0 Å². The van der Waals surface area contributed by atoms with Gasteiger partial charge in [0.2, 0.25) is 0 Å². The van der Waals surface area contributed by atoms with E-state index in [0.717, 1.165) is 35.5 Å². The summed E-state index contributed by atoms with van der Waals surface area (Å²) < 4.78 is 0. The monoisotopic (exact) mass is 450 g/mol. The Balaban J connectivity index is 1.17. The van der Waals surface area contributed by atoms with Crippen molar-refractivity contribution >= 4 is 0 Å². The van der Waals surface area contributed by atoms with E-state index in [4.69, 9.17) is 0 Å². The fourth-order valence-electron chi connectivity index (χ4n) is 7.98. The van der Waals surface area contributed by atoms with Crippen LogP contribution in [0.15, 0.2) is 24.3 Å². The fraction of sp³-hybridized carbons (Fsp3) is 0.818. The van der Waals surface area contributed by atoms with Crippen molar-refractivity contribution in [3.05, 3.63) is 35.4 Å². The van der Waals surface area contributed by atoms with Crippen molar-refractivity contribution in [1.82, 2.24) is 0 Å². The molecule has 186 valence electrons. The molecule has 0 heteroatoms. The SMILES string of the molecule is CCCCCCCC1CCC(C2CCC3CC(c4ccc(CCCC)cc4)CCC3C2)CC1. The summed E-state index contributed by atoms with van der Waals surface area (Å²) in [4.78, 5) is 0. The number of benzene rings is 1. The lowest BCUT2D eigenvalue weighted by atomic mass is 9.60. The van der Waals surface area contributed by atoms with Gasteiger partial charge in [0.05, 0.1) is 0 Å². The van der Waals surface area contributed by atoms with Crippen LogP contribution in [-0.4, -0.2) is 0 Å². The molecule has 0 bridgehead atoms. The minimum absolute atomic E-state index is 0.843. The first-order chi connectivity index (χ1) is 16.3. The average Bonchev–Trinajstić information content (AvgIpc) is 2.87. The highest BCUT2D eigenvalue weighted by Crippen LogP contribution is 2.51. The topological polar surface area (TPSA) is 0 Å². The maximum absolute atomic E-state index is 2.48. The number of hydrogen-bond acceptors (Lipinski definition) is 0. The highest BCUT2D eigenvalue weighted by molar-refractivity contribution is 5.26. The van der Waals surface area contributed by atoms with Crippen molar-refractivity contribution in [1.29, 1.82) is 0 Å². The van der Waals surface area contributed by atoms with Gasteiger partial charge in [-0.25, -0.2) is 0 Å². The summed E-state index contributed by atoms with van der Waals surface area (Å²) in [7, 11) is 0. The lowest BCUT2D eigenvalue weighted by molar-refractivity contribution is 0.0710. The molecule has 0 saturated heterocycles. The normalized spacial score (nSPS) is 32.4. The van der Waals surface area contributed by atoms with Gasteiger partial charge in [-0.2, -0.15) is 0 Å². The van der Waals surface area contributed by atoms with Crippen LogP contribution in [0.25, 0.3) is 0 Å². The summed E-state index contributed by atoms with van der Waals surface area (Å²) in [5.41, 5.74) is 3.19. The lowest BCUT2D eigenvalue weighted by Crippen LogP contribution is -2.34. The molecule has 0 aliphatic heterocycles. The molecule has 3 saturated carbocycles. The Bertz CT molecular complexity index is 649. The summed E-state index contributed by atoms with van der Waals surface area (Å²) in [6.07, 6.45) is 28.1. The second kappa shape index (κ2) is 13.3. The number of hydrogen-bond donors (Lipinski definition) is 0. The van der Waals surface area contributed by atoms with Crippen molar-refractivity contribution in [3.8, 4) is 0 Å².